The van der Waals surface area contributed by atoms with Crippen LogP contribution in [-0.4, -0.2) is 21.9 Å². The quantitative estimate of drug-likeness (QED) is 0.849. The summed E-state index contributed by atoms with van der Waals surface area (Å²) in [4.78, 5) is 20.6. The summed E-state index contributed by atoms with van der Waals surface area (Å²) in [5, 5.41) is 6.03. The van der Waals surface area contributed by atoms with E-state index in [0.29, 0.717) is 17.6 Å². The highest BCUT2D eigenvalue weighted by molar-refractivity contribution is 5.92. The number of amides is 1. The van der Waals surface area contributed by atoms with E-state index in [-0.39, 0.29) is 11.9 Å². The van der Waals surface area contributed by atoms with E-state index in [1.54, 1.807) is 12.3 Å². The minimum atomic E-state index is -0.181. The Hall–Kier alpha value is -2.43. The molecule has 23 heavy (non-hydrogen) atoms. The van der Waals surface area contributed by atoms with Gasteiger partial charge < -0.3 is 10.6 Å². The number of carbonyl (C=O) groups is 1. The molecule has 0 bridgehead atoms. The number of nitrogens with zero attached hydrogens (tertiary/aromatic N) is 2. The molecule has 0 aliphatic carbocycles. The smallest absolute Gasteiger partial charge is 0.270 e. The molecule has 5 heteroatoms. The van der Waals surface area contributed by atoms with E-state index in [9.17, 15) is 4.79 Å². The highest BCUT2D eigenvalue weighted by atomic mass is 16.1. The van der Waals surface area contributed by atoms with Crippen LogP contribution in [0.15, 0.2) is 36.5 Å². The Kier molecular flexibility index (Phi) is 5.68. The second-order valence-corrected chi connectivity index (χ2v) is 5.95. The number of hydrogen-bond acceptors (Lipinski definition) is 4. The van der Waals surface area contributed by atoms with Crippen molar-refractivity contribution in [1.29, 1.82) is 0 Å². The molecule has 0 spiro atoms. The van der Waals surface area contributed by atoms with Crippen LogP contribution < -0.4 is 10.6 Å². The topological polar surface area (TPSA) is 66.9 Å². The minimum Gasteiger partial charge on any atom is -0.348 e. The molecule has 0 saturated heterocycles. The first kappa shape index (κ1) is 16.9. The third kappa shape index (κ3) is 4.77. The van der Waals surface area contributed by atoms with Gasteiger partial charge in [0.05, 0.1) is 0 Å². The molecule has 2 aromatic rings. The molecule has 0 saturated carbocycles. The Balaban J connectivity index is 2.09. The van der Waals surface area contributed by atoms with Gasteiger partial charge in [-0.3, -0.25) is 4.79 Å². The van der Waals surface area contributed by atoms with Crippen molar-refractivity contribution in [2.75, 3.05) is 5.32 Å². The fourth-order valence-corrected chi connectivity index (χ4v) is 2.03. The standard InChI is InChI=1S/C18H24N4O/c1-5-13(4)20-17(23)16-10-11-19-18(22-16)21-15-8-6-14(7-9-15)12(2)3/h6-13H,5H2,1-4H3,(H,20,23)(H,19,21,22). The van der Waals surface area contributed by atoms with E-state index in [1.165, 1.54) is 5.56 Å². The summed E-state index contributed by atoms with van der Waals surface area (Å²) in [5.41, 5.74) is 2.54. The average Bonchev–Trinajstić information content (AvgIpc) is 2.55. The van der Waals surface area contributed by atoms with Crippen LogP contribution in [0.4, 0.5) is 11.6 Å². The summed E-state index contributed by atoms with van der Waals surface area (Å²) in [6, 6.07) is 9.87. The maximum Gasteiger partial charge on any atom is 0.270 e. The van der Waals surface area contributed by atoms with Crippen molar-refractivity contribution in [3.63, 3.8) is 0 Å². The van der Waals surface area contributed by atoms with Crippen molar-refractivity contribution in [2.24, 2.45) is 0 Å². The molecule has 1 atom stereocenters. The molecule has 1 aromatic heterocycles. The van der Waals surface area contributed by atoms with Crippen LogP contribution in [0.25, 0.3) is 0 Å². The lowest BCUT2D eigenvalue weighted by atomic mass is 10.0. The average molecular weight is 312 g/mol. The van der Waals surface area contributed by atoms with Crippen molar-refractivity contribution in [1.82, 2.24) is 15.3 Å². The molecule has 1 unspecified atom stereocenters. The van der Waals surface area contributed by atoms with Gasteiger partial charge in [0.1, 0.15) is 5.69 Å². The third-order valence-corrected chi connectivity index (χ3v) is 3.71. The van der Waals surface area contributed by atoms with Crippen LogP contribution in [0.2, 0.25) is 0 Å². The fourth-order valence-electron chi connectivity index (χ4n) is 2.03. The zero-order chi connectivity index (χ0) is 16.8. The normalized spacial score (nSPS) is 12.0. The fraction of sp³-hybridized carbons (Fsp3) is 0.389. The van der Waals surface area contributed by atoms with Crippen molar-refractivity contribution in [3.8, 4) is 0 Å². The van der Waals surface area contributed by atoms with Gasteiger partial charge in [-0.25, -0.2) is 9.97 Å². The Morgan fingerprint density at radius 1 is 1.13 bits per heavy atom. The summed E-state index contributed by atoms with van der Waals surface area (Å²) in [6.45, 7) is 8.31. The molecule has 0 radical (unpaired) electrons. The Morgan fingerprint density at radius 2 is 1.83 bits per heavy atom. The Labute approximate surface area is 137 Å². The zero-order valence-electron chi connectivity index (χ0n) is 14.1. The SMILES string of the molecule is CCC(C)NC(=O)c1ccnc(Nc2ccc(C(C)C)cc2)n1. The molecule has 2 N–H and O–H groups in total. The van der Waals surface area contributed by atoms with Crippen LogP contribution in [0.5, 0.6) is 0 Å². The molecule has 1 heterocycles. The van der Waals surface area contributed by atoms with Crippen molar-refractivity contribution >= 4 is 17.5 Å². The Bertz CT molecular complexity index is 652. The lowest BCUT2D eigenvalue weighted by Crippen LogP contribution is -2.32. The van der Waals surface area contributed by atoms with Gasteiger partial charge in [0.25, 0.3) is 5.91 Å². The highest BCUT2D eigenvalue weighted by Crippen LogP contribution is 2.19. The molecule has 5 nitrogen and oxygen atoms in total. The van der Waals surface area contributed by atoms with E-state index < -0.39 is 0 Å². The number of benzene rings is 1. The number of nitrogens with one attached hydrogen (secondary N) is 2. The van der Waals surface area contributed by atoms with Crippen molar-refractivity contribution in [2.45, 2.75) is 46.1 Å². The first-order valence-electron chi connectivity index (χ1n) is 8.00. The summed E-state index contributed by atoms with van der Waals surface area (Å²) in [7, 11) is 0. The maximum absolute atomic E-state index is 12.1. The second-order valence-electron chi connectivity index (χ2n) is 5.95. The number of aromatic nitrogens is 2. The summed E-state index contributed by atoms with van der Waals surface area (Å²) < 4.78 is 0. The summed E-state index contributed by atoms with van der Waals surface area (Å²) >= 11 is 0. The highest BCUT2D eigenvalue weighted by Gasteiger charge is 2.11. The maximum atomic E-state index is 12.1. The largest absolute Gasteiger partial charge is 0.348 e. The van der Waals surface area contributed by atoms with Gasteiger partial charge in [-0.2, -0.15) is 0 Å². The molecule has 1 aromatic carbocycles. The lowest BCUT2D eigenvalue weighted by Gasteiger charge is -2.12. The zero-order valence-corrected chi connectivity index (χ0v) is 14.1. The predicted octanol–water partition coefficient (Wildman–Crippen LogP) is 3.87. The molecular formula is C18H24N4O. The van der Waals surface area contributed by atoms with Crippen LogP contribution >= 0.6 is 0 Å². The molecule has 0 aliphatic heterocycles. The number of hydrogen-bond donors (Lipinski definition) is 2. The van der Waals surface area contributed by atoms with Crippen LogP contribution in [-0.2, 0) is 0 Å². The molecular weight excluding hydrogens is 288 g/mol. The van der Waals surface area contributed by atoms with Crippen molar-refractivity contribution < 1.29 is 4.79 Å². The van der Waals surface area contributed by atoms with Crippen LogP contribution in [0.1, 0.15) is 56.1 Å². The monoisotopic (exact) mass is 312 g/mol. The number of rotatable bonds is 6. The summed E-state index contributed by atoms with van der Waals surface area (Å²) in [6.07, 6.45) is 2.47. The number of carbonyl (C=O) groups excluding carboxylic acids is 1. The van der Waals surface area contributed by atoms with Gasteiger partial charge in [-0.05, 0) is 43.0 Å². The van der Waals surface area contributed by atoms with E-state index in [2.05, 4.69) is 46.6 Å². The van der Waals surface area contributed by atoms with E-state index in [4.69, 9.17) is 0 Å². The van der Waals surface area contributed by atoms with E-state index in [0.717, 1.165) is 12.1 Å². The van der Waals surface area contributed by atoms with Crippen LogP contribution in [0.3, 0.4) is 0 Å². The first-order valence-corrected chi connectivity index (χ1v) is 8.00. The second kappa shape index (κ2) is 7.72. The minimum absolute atomic E-state index is 0.123. The van der Waals surface area contributed by atoms with Gasteiger partial charge in [0, 0.05) is 17.9 Å². The Morgan fingerprint density at radius 3 is 2.43 bits per heavy atom. The molecule has 0 aliphatic rings. The van der Waals surface area contributed by atoms with E-state index >= 15 is 0 Å². The molecule has 1 amide bonds. The predicted molar refractivity (Wildman–Crippen MR) is 93.1 cm³/mol. The molecule has 122 valence electrons. The van der Waals surface area contributed by atoms with Gasteiger partial charge in [-0.15, -0.1) is 0 Å². The van der Waals surface area contributed by atoms with Crippen molar-refractivity contribution in [3.05, 3.63) is 47.8 Å². The van der Waals surface area contributed by atoms with Gasteiger partial charge >= 0.3 is 0 Å². The van der Waals surface area contributed by atoms with E-state index in [1.807, 2.05) is 26.0 Å². The van der Waals surface area contributed by atoms with Crippen LogP contribution in [0, 0.1) is 0 Å². The van der Waals surface area contributed by atoms with Gasteiger partial charge in [0.15, 0.2) is 0 Å². The molecule has 0 fully saturated rings. The number of anilines is 2. The first-order chi connectivity index (χ1) is 11.0. The lowest BCUT2D eigenvalue weighted by molar-refractivity contribution is 0.0934. The molecule has 2 rings (SSSR count). The summed E-state index contributed by atoms with van der Waals surface area (Å²) in [5.74, 6) is 0.729. The third-order valence-electron chi connectivity index (χ3n) is 3.71. The van der Waals surface area contributed by atoms with Gasteiger partial charge in [0.2, 0.25) is 5.95 Å². The van der Waals surface area contributed by atoms with Gasteiger partial charge in [-0.1, -0.05) is 32.9 Å².